The van der Waals surface area contributed by atoms with E-state index in [2.05, 4.69) is 23.0 Å². The quantitative estimate of drug-likeness (QED) is 0.656. The molecule has 70 valence electrons. The van der Waals surface area contributed by atoms with Gasteiger partial charge < -0.3 is 4.98 Å². The van der Waals surface area contributed by atoms with Crippen LogP contribution in [0.3, 0.4) is 0 Å². The number of nitrogens with one attached hydrogen (secondary N) is 1. The first kappa shape index (κ1) is 9.78. The Bertz CT molecular complexity index is 352. The molecule has 0 saturated heterocycles. The molecule has 0 aromatic carbocycles. The molecule has 0 amide bonds. The largest absolute Gasteiger partial charge is 0.360 e. The van der Waals surface area contributed by atoms with Gasteiger partial charge in [-0.2, -0.15) is 0 Å². The van der Waals surface area contributed by atoms with Crippen molar-refractivity contribution in [3.8, 4) is 0 Å². The summed E-state index contributed by atoms with van der Waals surface area (Å²) in [6, 6.07) is 4.11. The Morgan fingerprint density at radius 2 is 1.92 bits per heavy atom. The number of pyridine rings is 1. The molecule has 2 nitrogen and oxygen atoms in total. The zero-order valence-electron chi connectivity index (χ0n) is 8.68. The molecule has 2 aromatic rings. The van der Waals surface area contributed by atoms with Gasteiger partial charge in [0.15, 0.2) is 0 Å². The van der Waals surface area contributed by atoms with Gasteiger partial charge in [-0.15, -0.1) is 0 Å². The van der Waals surface area contributed by atoms with E-state index < -0.39 is 0 Å². The molecule has 2 rings (SSSR count). The Hall–Kier alpha value is -1.31. The number of H-pyrrole nitrogens is 1. The Kier molecular flexibility index (Phi) is 3.07. The van der Waals surface area contributed by atoms with Gasteiger partial charge in [0, 0.05) is 11.9 Å². The van der Waals surface area contributed by atoms with E-state index >= 15 is 0 Å². The molecule has 0 aliphatic heterocycles. The number of aromatic amines is 1. The fourth-order valence-corrected chi connectivity index (χ4v) is 1.18. The summed E-state index contributed by atoms with van der Waals surface area (Å²) >= 11 is 0. The van der Waals surface area contributed by atoms with Gasteiger partial charge in [-0.05, 0) is 31.5 Å². The van der Waals surface area contributed by atoms with Gasteiger partial charge in [-0.1, -0.05) is 13.8 Å². The molecule has 0 saturated carbocycles. The maximum Gasteiger partial charge on any atom is 0.0882 e. The number of rotatable bonds is 0. The van der Waals surface area contributed by atoms with E-state index in [0.29, 0.717) is 0 Å². The monoisotopic (exact) mass is 176 g/mol. The van der Waals surface area contributed by atoms with Crippen molar-refractivity contribution < 1.29 is 0 Å². The van der Waals surface area contributed by atoms with Gasteiger partial charge in [-0.3, -0.25) is 4.98 Å². The minimum Gasteiger partial charge on any atom is -0.360 e. The van der Waals surface area contributed by atoms with Crippen molar-refractivity contribution in [2.75, 3.05) is 0 Å². The van der Waals surface area contributed by atoms with Gasteiger partial charge in [0.05, 0.1) is 11.0 Å². The first-order valence-electron chi connectivity index (χ1n) is 4.69. The van der Waals surface area contributed by atoms with Crippen LogP contribution < -0.4 is 0 Å². The maximum atomic E-state index is 4.40. The van der Waals surface area contributed by atoms with Crippen LogP contribution in [-0.2, 0) is 0 Å². The predicted molar refractivity (Wildman–Crippen MR) is 56.9 cm³/mol. The molecule has 13 heavy (non-hydrogen) atoms. The van der Waals surface area contributed by atoms with Crippen LogP contribution in [0.25, 0.3) is 11.0 Å². The molecule has 0 unspecified atom stereocenters. The van der Waals surface area contributed by atoms with Crippen molar-refractivity contribution in [3.05, 3.63) is 29.6 Å². The van der Waals surface area contributed by atoms with E-state index in [0.717, 1.165) is 16.7 Å². The van der Waals surface area contributed by atoms with E-state index in [1.54, 1.807) is 0 Å². The molecule has 2 heteroatoms. The molecular formula is C11H16N2. The van der Waals surface area contributed by atoms with E-state index in [-0.39, 0.29) is 0 Å². The van der Waals surface area contributed by atoms with Crippen LogP contribution in [0.1, 0.15) is 25.1 Å². The number of hydrogen-bond acceptors (Lipinski definition) is 1. The van der Waals surface area contributed by atoms with Gasteiger partial charge in [0.25, 0.3) is 0 Å². The van der Waals surface area contributed by atoms with Crippen molar-refractivity contribution in [2.24, 2.45) is 0 Å². The third-order valence-electron chi connectivity index (χ3n) is 1.98. The Balaban J connectivity index is 0.000000396. The average Bonchev–Trinajstić information content (AvgIpc) is 2.56. The van der Waals surface area contributed by atoms with Crippen LogP contribution in [0.4, 0.5) is 0 Å². The van der Waals surface area contributed by atoms with Gasteiger partial charge in [-0.25, -0.2) is 0 Å². The summed E-state index contributed by atoms with van der Waals surface area (Å²) in [5.74, 6) is 0. The molecule has 0 fully saturated rings. The smallest absolute Gasteiger partial charge is 0.0882 e. The minimum atomic E-state index is 1.05. The van der Waals surface area contributed by atoms with Crippen molar-refractivity contribution in [3.63, 3.8) is 0 Å². The number of hydrogen-bond donors (Lipinski definition) is 1. The summed E-state index contributed by atoms with van der Waals surface area (Å²) < 4.78 is 0. The lowest BCUT2D eigenvalue weighted by Crippen LogP contribution is -1.85. The molecule has 0 aliphatic carbocycles. The number of aryl methyl sites for hydroxylation is 2. The third kappa shape index (κ3) is 1.89. The van der Waals surface area contributed by atoms with E-state index in [1.807, 2.05) is 33.0 Å². The molecule has 0 bridgehead atoms. The fourth-order valence-electron chi connectivity index (χ4n) is 1.18. The lowest BCUT2D eigenvalue weighted by Gasteiger charge is -1.97. The summed E-state index contributed by atoms with van der Waals surface area (Å²) in [7, 11) is 0. The summed E-state index contributed by atoms with van der Waals surface area (Å²) in [4.78, 5) is 7.53. The lowest BCUT2D eigenvalue weighted by atomic mass is 10.2. The first-order chi connectivity index (χ1) is 6.27. The standard InChI is InChI=1S/C9H10N2.C2H6/c1-6-5-9-8(3-4-10-9)11-7(6)2;1-2/h3-5,10H,1-2H3;1-2H3. The van der Waals surface area contributed by atoms with Gasteiger partial charge in [0.1, 0.15) is 0 Å². The van der Waals surface area contributed by atoms with Crippen LogP contribution in [0, 0.1) is 13.8 Å². The van der Waals surface area contributed by atoms with E-state index in [4.69, 9.17) is 0 Å². The average molecular weight is 176 g/mol. The van der Waals surface area contributed by atoms with Crippen LogP contribution in [0.2, 0.25) is 0 Å². The summed E-state index contributed by atoms with van der Waals surface area (Å²) in [6.45, 7) is 8.10. The first-order valence-corrected chi connectivity index (χ1v) is 4.69. The minimum absolute atomic E-state index is 1.05. The molecular weight excluding hydrogens is 160 g/mol. The maximum absolute atomic E-state index is 4.40. The van der Waals surface area contributed by atoms with Crippen LogP contribution in [0.5, 0.6) is 0 Å². The highest BCUT2D eigenvalue weighted by Crippen LogP contribution is 2.13. The number of aromatic nitrogens is 2. The highest BCUT2D eigenvalue weighted by molar-refractivity contribution is 5.75. The molecule has 2 heterocycles. The van der Waals surface area contributed by atoms with E-state index in [9.17, 15) is 0 Å². The van der Waals surface area contributed by atoms with Crippen LogP contribution in [-0.4, -0.2) is 9.97 Å². The topological polar surface area (TPSA) is 28.7 Å². The highest BCUT2D eigenvalue weighted by Gasteiger charge is 1.98. The van der Waals surface area contributed by atoms with Crippen molar-refractivity contribution >= 4 is 11.0 Å². The second-order valence-electron chi connectivity index (χ2n) is 2.80. The molecule has 0 aliphatic rings. The normalized spacial score (nSPS) is 9.54. The molecule has 2 aromatic heterocycles. The third-order valence-corrected chi connectivity index (χ3v) is 1.98. The fraction of sp³-hybridized carbons (Fsp3) is 0.364. The molecule has 0 radical (unpaired) electrons. The van der Waals surface area contributed by atoms with E-state index in [1.165, 1.54) is 5.56 Å². The lowest BCUT2D eigenvalue weighted by molar-refractivity contribution is 1.20. The van der Waals surface area contributed by atoms with Crippen LogP contribution >= 0.6 is 0 Å². The summed E-state index contributed by atoms with van der Waals surface area (Å²) in [6.07, 6.45) is 1.91. The molecule has 0 spiro atoms. The Labute approximate surface area is 79.0 Å². The Morgan fingerprint density at radius 3 is 2.62 bits per heavy atom. The highest BCUT2D eigenvalue weighted by atomic mass is 14.8. The molecule has 0 atom stereocenters. The van der Waals surface area contributed by atoms with Crippen molar-refractivity contribution in [2.45, 2.75) is 27.7 Å². The van der Waals surface area contributed by atoms with Crippen molar-refractivity contribution in [1.82, 2.24) is 9.97 Å². The molecule has 1 N–H and O–H groups in total. The summed E-state index contributed by atoms with van der Waals surface area (Å²) in [5, 5.41) is 0. The van der Waals surface area contributed by atoms with Gasteiger partial charge in [0.2, 0.25) is 0 Å². The Morgan fingerprint density at radius 1 is 1.23 bits per heavy atom. The predicted octanol–water partition coefficient (Wildman–Crippen LogP) is 3.21. The number of fused-ring (bicyclic) bond motifs is 1. The van der Waals surface area contributed by atoms with Crippen molar-refractivity contribution in [1.29, 1.82) is 0 Å². The zero-order chi connectivity index (χ0) is 9.84. The van der Waals surface area contributed by atoms with Crippen LogP contribution in [0.15, 0.2) is 18.3 Å². The SMILES string of the molecule is CC.Cc1cc2[nH]ccc2nc1C. The summed E-state index contributed by atoms with van der Waals surface area (Å²) in [5.41, 5.74) is 4.51. The zero-order valence-corrected chi connectivity index (χ0v) is 8.68. The second kappa shape index (κ2) is 4.08. The number of nitrogens with zero attached hydrogens (tertiary/aromatic N) is 1. The van der Waals surface area contributed by atoms with Gasteiger partial charge >= 0.3 is 0 Å². The second-order valence-corrected chi connectivity index (χ2v) is 2.80.